The highest BCUT2D eigenvalue weighted by molar-refractivity contribution is 5.28. The van der Waals surface area contributed by atoms with E-state index in [0.717, 1.165) is 12.6 Å². The van der Waals surface area contributed by atoms with E-state index in [1.165, 1.54) is 6.08 Å². The molecule has 1 saturated heterocycles. The number of hydrogen-bond donors (Lipinski definition) is 1. The van der Waals surface area contributed by atoms with Crippen LogP contribution in [0, 0.1) is 5.92 Å². The fourth-order valence-electron chi connectivity index (χ4n) is 2.23. The van der Waals surface area contributed by atoms with E-state index in [4.69, 9.17) is 4.74 Å². The van der Waals surface area contributed by atoms with Gasteiger partial charge in [-0.15, -0.1) is 0 Å². The summed E-state index contributed by atoms with van der Waals surface area (Å²) in [6.07, 6.45) is 0.265. The molecule has 1 aliphatic carbocycles. The minimum Gasteiger partial charge on any atom is -0.372 e. The first kappa shape index (κ1) is 12.6. The second-order valence-corrected chi connectivity index (χ2v) is 4.57. The number of morpholine rings is 1. The SMILES string of the molecule is C[C@@H]1CNC[C@H](C2C=C(C(F)(F)F)C=CC2)O1. The van der Waals surface area contributed by atoms with Crippen LogP contribution < -0.4 is 5.32 Å². The molecule has 1 fully saturated rings. The summed E-state index contributed by atoms with van der Waals surface area (Å²) < 4.78 is 43.4. The van der Waals surface area contributed by atoms with Gasteiger partial charge in [-0.1, -0.05) is 18.2 Å². The van der Waals surface area contributed by atoms with Gasteiger partial charge in [0.25, 0.3) is 0 Å². The summed E-state index contributed by atoms with van der Waals surface area (Å²) in [5.41, 5.74) is -0.560. The Balaban J connectivity index is 2.07. The second-order valence-electron chi connectivity index (χ2n) is 4.57. The van der Waals surface area contributed by atoms with Gasteiger partial charge >= 0.3 is 6.18 Å². The van der Waals surface area contributed by atoms with Crippen LogP contribution >= 0.6 is 0 Å². The number of rotatable bonds is 1. The van der Waals surface area contributed by atoms with Crippen molar-refractivity contribution in [1.82, 2.24) is 5.32 Å². The normalized spacial score (nSPS) is 34.6. The van der Waals surface area contributed by atoms with E-state index in [9.17, 15) is 13.2 Å². The molecule has 0 aromatic rings. The molecule has 2 rings (SSSR count). The van der Waals surface area contributed by atoms with Crippen LogP contribution in [-0.4, -0.2) is 31.5 Å². The lowest BCUT2D eigenvalue weighted by atomic mass is 9.90. The molecule has 1 unspecified atom stereocenters. The molecular weight excluding hydrogens is 231 g/mol. The van der Waals surface area contributed by atoms with Gasteiger partial charge in [-0.25, -0.2) is 0 Å². The highest BCUT2D eigenvalue weighted by atomic mass is 19.4. The number of ether oxygens (including phenoxy) is 1. The molecule has 0 saturated carbocycles. The zero-order valence-corrected chi connectivity index (χ0v) is 9.63. The third-order valence-electron chi connectivity index (χ3n) is 3.09. The molecule has 0 amide bonds. The Morgan fingerprint density at radius 3 is 2.76 bits per heavy atom. The van der Waals surface area contributed by atoms with Crippen LogP contribution in [0.5, 0.6) is 0 Å². The largest absolute Gasteiger partial charge is 0.416 e. The fraction of sp³-hybridized carbons (Fsp3) is 0.667. The van der Waals surface area contributed by atoms with Crippen LogP contribution in [0.25, 0.3) is 0 Å². The average Bonchev–Trinajstić information content (AvgIpc) is 2.28. The maximum Gasteiger partial charge on any atom is 0.416 e. The molecule has 17 heavy (non-hydrogen) atoms. The predicted molar refractivity (Wildman–Crippen MR) is 58.6 cm³/mol. The number of nitrogens with one attached hydrogen (secondary N) is 1. The van der Waals surface area contributed by atoms with Gasteiger partial charge in [0.15, 0.2) is 0 Å². The first-order chi connectivity index (χ1) is 7.97. The van der Waals surface area contributed by atoms with Crippen molar-refractivity contribution in [3.05, 3.63) is 23.8 Å². The summed E-state index contributed by atoms with van der Waals surface area (Å²) in [6, 6.07) is 0. The van der Waals surface area contributed by atoms with Gasteiger partial charge in [-0.05, 0) is 13.3 Å². The quantitative estimate of drug-likeness (QED) is 0.768. The van der Waals surface area contributed by atoms with Gasteiger partial charge in [-0.2, -0.15) is 13.2 Å². The molecule has 3 atom stereocenters. The van der Waals surface area contributed by atoms with Crippen molar-refractivity contribution < 1.29 is 17.9 Å². The molecule has 0 radical (unpaired) electrons. The van der Waals surface area contributed by atoms with Gasteiger partial charge < -0.3 is 10.1 Å². The minimum absolute atomic E-state index is 0.0578. The highest BCUT2D eigenvalue weighted by Gasteiger charge is 2.35. The van der Waals surface area contributed by atoms with Gasteiger partial charge in [-0.3, -0.25) is 0 Å². The lowest BCUT2D eigenvalue weighted by Crippen LogP contribution is -2.46. The Kier molecular flexibility index (Phi) is 3.58. The van der Waals surface area contributed by atoms with E-state index >= 15 is 0 Å². The van der Waals surface area contributed by atoms with Crippen LogP contribution in [0.3, 0.4) is 0 Å². The van der Waals surface area contributed by atoms with Crippen LogP contribution in [-0.2, 0) is 4.74 Å². The summed E-state index contributed by atoms with van der Waals surface area (Å²) in [6.45, 7) is 3.30. The molecule has 0 aromatic carbocycles. The lowest BCUT2D eigenvalue weighted by molar-refractivity contribution is -0.0904. The number of allylic oxidation sites excluding steroid dienone is 3. The van der Waals surface area contributed by atoms with Crippen LogP contribution in [0.2, 0.25) is 0 Å². The Hall–Kier alpha value is -0.810. The summed E-state index contributed by atoms with van der Waals surface area (Å²) >= 11 is 0. The van der Waals surface area contributed by atoms with E-state index in [-0.39, 0.29) is 18.1 Å². The third-order valence-corrected chi connectivity index (χ3v) is 3.09. The number of halogens is 3. The molecule has 5 heteroatoms. The summed E-state index contributed by atoms with van der Waals surface area (Å²) in [5, 5.41) is 3.18. The van der Waals surface area contributed by atoms with E-state index in [1.54, 1.807) is 6.08 Å². The molecular formula is C12H16F3NO. The van der Waals surface area contributed by atoms with Crippen LogP contribution in [0.1, 0.15) is 13.3 Å². The van der Waals surface area contributed by atoms with E-state index < -0.39 is 11.7 Å². The second kappa shape index (κ2) is 4.82. The van der Waals surface area contributed by atoms with Crippen molar-refractivity contribution in [3.63, 3.8) is 0 Å². The summed E-state index contributed by atoms with van der Waals surface area (Å²) in [5.74, 6) is -0.188. The van der Waals surface area contributed by atoms with Crippen LogP contribution in [0.15, 0.2) is 23.8 Å². The first-order valence-electron chi connectivity index (χ1n) is 5.78. The van der Waals surface area contributed by atoms with Crippen molar-refractivity contribution in [2.75, 3.05) is 13.1 Å². The van der Waals surface area contributed by atoms with Crippen LogP contribution in [0.4, 0.5) is 13.2 Å². The van der Waals surface area contributed by atoms with Gasteiger partial charge in [0.1, 0.15) is 0 Å². The zero-order chi connectivity index (χ0) is 12.5. The van der Waals surface area contributed by atoms with Gasteiger partial charge in [0.05, 0.1) is 17.8 Å². The van der Waals surface area contributed by atoms with E-state index in [2.05, 4.69) is 5.32 Å². The standard InChI is InChI=1S/C12H16F3NO/c1-8-6-16-7-11(17-8)9-3-2-4-10(5-9)12(13,14)15/h2,4-5,8-9,11,16H,3,6-7H2,1H3/t8-,9?,11-/m1/s1. The first-order valence-corrected chi connectivity index (χ1v) is 5.78. The molecule has 2 nitrogen and oxygen atoms in total. The maximum absolute atomic E-state index is 12.6. The Morgan fingerprint density at radius 2 is 2.12 bits per heavy atom. The average molecular weight is 247 g/mol. The molecule has 2 aliphatic rings. The van der Waals surface area contributed by atoms with Gasteiger partial charge in [0.2, 0.25) is 0 Å². The molecule has 0 bridgehead atoms. The predicted octanol–water partition coefficient (Wildman–Crippen LogP) is 2.43. The topological polar surface area (TPSA) is 21.3 Å². The fourth-order valence-corrected chi connectivity index (χ4v) is 2.23. The third kappa shape index (κ3) is 3.10. The Bertz CT molecular complexity index is 335. The molecule has 0 aromatic heterocycles. The monoisotopic (exact) mass is 247 g/mol. The lowest BCUT2D eigenvalue weighted by Gasteiger charge is -2.34. The molecule has 0 spiro atoms. The molecule has 1 N–H and O–H groups in total. The Labute approximate surface area is 98.5 Å². The number of alkyl halides is 3. The van der Waals surface area contributed by atoms with Crippen molar-refractivity contribution in [2.45, 2.75) is 31.7 Å². The minimum atomic E-state index is -4.26. The summed E-state index contributed by atoms with van der Waals surface area (Å²) in [4.78, 5) is 0. The maximum atomic E-state index is 12.6. The Morgan fingerprint density at radius 1 is 1.35 bits per heavy atom. The van der Waals surface area contributed by atoms with Crippen molar-refractivity contribution in [2.24, 2.45) is 5.92 Å². The van der Waals surface area contributed by atoms with Crippen molar-refractivity contribution >= 4 is 0 Å². The summed E-state index contributed by atoms with van der Waals surface area (Å²) in [7, 11) is 0. The van der Waals surface area contributed by atoms with Crippen molar-refractivity contribution in [3.8, 4) is 0 Å². The molecule has 96 valence electrons. The smallest absolute Gasteiger partial charge is 0.372 e. The van der Waals surface area contributed by atoms with E-state index in [1.807, 2.05) is 6.92 Å². The van der Waals surface area contributed by atoms with Gasteiger partial charge in [0, 0.05) is 19.0 Å². The van der Waals surface area contributed by atoms with E-state index in [0.29, 0.717) is 13.0 Å². The highest BCUT2D eigenvalue weighted by Crippen LogP contribution is 2.33. The van der Waals surface area contributed by atoms with Crippen molar-refractivity contribution in [1.29, 1.82) is 0 Å². The number of hydrogen-bond acceptors (Lipinski definition) is 2. The molecule has 1 heterocycles. The molecule has 1 aliphatic heterocycles. The zero-order valence-electron chi connectivity index (χ0n) is 9.63.